The number of nitrogen functional groups attached to an aromatic ring is 1. The molecule has 0 atom stereocenters. The minimum absolute atomic E-state index is 0.0347. The van der Waals surface area contributed by atoms with Gasteiger partial charge < -0.3 is 25.3 Å². The molecule has 6 heteroatoms. The fourth-order valence-electron chi connectivity index (χ4n) is 1.80. The summed E-state index contributed by atoms with van der Waals surface area (Å²) in [7, 11) is 5.68. The van der Waals surface area contributed by atoms with Crippen molar-refractivity contribution in [2.24, 2.45) is 0 Å². The third-order valence-corrected chi connectivity index (χ3v) is 2.82. The molecule has 0 aliphatic heterocycles. The largest absolute Gasteiger partial charge is 0.397 e. The molecule has 0 bridgehead atoms. The Hall–Kier alpha value is -1.53. The second-order valence-electron chi connectivity index (χ2n) is 4.79. The van der Waals surface area contributed by atoms with Gasteiger partial charge in [0.2, 0.25) is 0 Å². The molecule has 0 spiro atoms. The standard InChI is InChI=1S/C13H24N4O2/c1-16(2)5-4-6-17(7-8-19-3)13(18)12-9-11(14)10-15-12/h9-10,15H,4-8,14H2,1-3H3. The first kappa shape index (κ1) is 15.5. The quantitative estimate of drug-likeness (QED) is 0.725. The number of H-pyrrole nitrogens is 1. The minimum atomic E-state index is -0.0347. The number of methoxy groups -OCH3 is 1. The Labute approximate surface area is 114 Å². The second kappa shape index (κ2) is 7.81. The van der Waals surface area contributed by atoms with Crippen LogP contribution in [0.25, 0.3) is 0 Å². The molecular formula is C13H24N4O2. The molecule has 6 nitrogen and oxygen atoms in total. The number of aromatic amines is 1. The summed E-state index contributed by atoms with van der Waals surface area (Å²) in [6.07, 6.45) is 2.56. The summed E-state index contributed by atoms with van der Waals surface area (Å²) < 4.78 is 5.05. The Kier molecular flexibility index (Phi) is 6.38. The number of carbonyl (C=O) groups excluding carboxylic acids is 1. The van der Waals surface area contributed by atoms with Crippen LogP contribution in [0.1, 0.15) is 16.9 Å². The normalized spacial score (nSPS) is 10.9. The zero-order valence-corrected chi connectivity index (χ0v) is 12.0. The van der Waals surface area contributed by atoms with Crippen molar-refractivity contribution in [2.45, 2.75) is 6.42 Å². The van der Waals surface area contributed by atoms with Crippen LogP contribution in [0.5, 0.6) is 0 Å². The first-order valence-electron chi connectivity index (χ1n) is 6.41. The fourth-order valence-corrected chi connectivity index (χ4v) is 1.80. The van der Waals surface area contributed by atoms with Gasteiger partial charge in [-0.1, -0.05) is 0 Å². The molecule has 1 aromatic heterocycles. The maximum Gasteiger partial charge on any atom is 0.270 e. The zero-order chi connectivity index (χ0) is 14.3. The van der Waals surface area contributed by atoms with E-state index in [1.165, 1.54) is 0 Å². The maximum atomic E-state index is 12.3. The smallest absolute Gasteiger partial charge is 0.270 e. The molecule has 0 unspecified atom stereocenters. The predicted molar refractivity (Wildman–Crippen MR) is 76.2 cm³/mol. The molecule has 0 aliphatic carbocycles. The van der Waals surface area contributed by atoms with Crippen LogP contribution in [0.15, 0.2) is 12.3 Å². The van der Waals surface area contributed by atoms with Gasteiger partial charge in [-0.25, -0.2) is 0 Å². The van der Waals surface area contributed by atoms with Crippen molar-refractivity contribution in [2.75, 3.05) is 53.2 Å². The molecule has 3 N–H and O–H groups in total. The van der Waals surface area contributed by atoms with E-state index in [9.17, 15) is 4.79 Å². The number of anilines is 1. The van der Waals surface area contributed by atoms with E-state index >= 15 is 0 Å². The van der Waals surface area contributed by atoms with Gasteiger partial charge in [0.15, 0.2) is 0 Å². The monoisotopic (exact) mass is 268 g/mol. The highest BCUT2D eigenvalue weighted by molar-refractivity contribution is 5.93. The number of hydrogen-bond donors (Lipinski definition) is 2. The molecule has 0 saturated carbocycles. The van der Waals surface area contributed by atoms with Crippen molar-refractivity contribution in [3.63, 3.8) is 0 Å². The van der Waals surface area contributed by atoms with Crippen molar-refractivity contribution in [3.05, 3.63) is 18.0 Å². The summed E-state index contributed by atoms with van der Waals surface area (Å²) in [6, 6.07) is 1.66. The highest BCUT2D eigenvalue weighted by Gasteiger charge is 2.16. The molecule has 1 amide bonds. The summed E-state index contributed by atoms with van der Waals surface area (Å²) in [4.78, 5) is 19.1. The lowest BCUT2D eigenvalue weighted by Crippen LogP contribution is -2.36. The predicted octanol–water partition coefficient (Wildman–Crippen LogP) is 0.637. The van der Waals surface area contributed by atoms with Gasteiger partial charge in [-0.05, 0) is 33.1 Å². The van der Waals surface area contributed by atoms with E-state index in [1.807, 2.05) is 14.1 Å². The first-order valence-corrected chi connectivity index (χ1v) is 6.41. The third kappa shape index (κ3) is 5.32. The average molecular weight is 268 g/mol. The molecule has 0 aromatic carbocycles. The molecular weight excluding hydrogens is 244 g/mol. The van der Waals surface area contributed by atoms with Crippen molar-refractivity contribution in [1.82, 2.24) is 14.8 Å². The summed E-state index contributed by atoms with van der Waals surface area (Å²) >= 11 is 0. The van der Waals surface area contributed by atoms with E-state index in [0.717, 1.165) is 13.0 Å². The lowest BCUT2D eigenvalue weighted by molar-refractivity contribution is 0.0684. The van der Waals surface area contributed by atoms with Gasteiger partial charge in [0, 0.05) is 32.1 Å². The number of amides is 1. The van der Waals surface area contributed by atoms with Crippen molar-refractivity contribution < 1.29 is 9.53 Å². The Balaban J connectivity index is 2.59. The summed E-state index contributed by atoms with van der Waals surface area (Å²) in [5.74, 6) is -0.0347. The molecule has 0 fully saturated rings. The Morgan fingerprint density at radius 3 is 2.63 bits per heavy atom. The molecule has 19 heavy (non-hydrogen) atoms. The molecule has 1 heterocycles. The van der Waals surface area contributed by atoms with Gasteiger partial charge in [0.25, 0.3) is 5.91 Å². The van der Waals surface area contributed by atoms with Gasteiger partial charge in [-0.3, -0.25) is 4.79 Å². The van der Waals surface area contributed by atoms with Crippen molar-refractivity contribution in [3.8, 4) is 0 Å². The van der Waals surface area contributed by atoms with E-state index < -0.39 is 0 Å². The van der Waals surface area contributed by atoms with Crippen LogP contribution in [0.3, 0.4) is 0 Å². The van der Waals surface area contributed by atoms with Crippen LogP contribution in [-0.4, -0.2) is 68.1 Å². The van der Waals surface area contributed by atoms with Crippen LogP contribution in [-0.2, 0) is 4.74 Å². The number of carbonyl (C=O) groups is 1. The van der Waals surface area contributed by atoms with Crippen molar-refractivity contribution >= 4 is 11.6 Å². The molecule has 108 valence electrons. The van der Waals surface area contributed by atoms with Crippen LogP contribution >= 0.6 is 0 Å². The number of hydrogen-bond acceptors (Lipinski definition) is 4. The van der Waals surface area contributed by atoms with Gasteiger partial charge in [-0.2, -0.15) is 0 Å². The average Bonchev–Trinajstić information content (AvgIpc) is 2.79. The maximum absolute atomic E-state index is 12.3. The van der Waals surface area contributed by atoms with E-state index in [1.54, 1.807) is 24.3 Å². The van der Waals surface area contributed by atoms with E-state index in [-0.39, 0.29) is 5.91 Å². The SMILES string of the molecule is COCCN(CCCN(C)C)C(=O)c1cc(N)c[nH]1. The number of nitrogens with two attached hydrogens (primary N) is 1. The Morgan fingerprint density at radius 2 is 2.11 bits per heavy atom. The molecule has 0 aliphatic rings. The number of nitrogens with one attached hydrogen (secondary N) is 1. The number of rotatable bonds is 8. The summed E-state index contributed by atoms with van der Waals surface area (Å²) in [6.45, 7) is 2.77. The topological polar surface area (TPSA) is 74.6 Å². The summed E-state index contributed by atoms with van der Waals surface area (Å²) in [5.41, 5.74) is 6.72. The van der Waals surface area contributed by atoms with Gasteiger partial charge in [-0.15, -0.1) is 0 Å². The van der Waals surface area contributed by atoms with Crippen LogP contribution in [0.4, 0.5) is 5.69 Å². The summed E-state index contributed by atoms with van der Waals surface area (Å²) in [5, 5.41) is 0. The lowest BCUT2D eigenvalue weighted by atomic mass is 10.3. The van der Waals surface area contributed by atoms with E-state index in [0.29, 0.717) is 31.1 Å². The third-order valence-electron chi connectivity index (χ3n) is 2.82. The Bertz CT molecular complexity index is 390. The van der Waals surface area contributed by atoms with Crippen LogP contribution < -0.4 is 5.73 Å². The molecule has 1 aromatic rings. The van der Waals surface area contributed by atoms with Crippen molar-refractivity contribution in [1.29, 1.82) is 0 Å². The highest BCUT2D eigenvalue weighted by atomic mass is 16.5. The van der Waals surface area contributed by atoms with E-state index in [4.69, 9.17) is 10.5 Å². The van der Waals surface area contributed by atoms with Crippen LogP contribution in [0, 0.1) is 0 Å². The molecule has 0 radical (unpaired) electrons. The number of ether oxygens (including phenoxy) is 1. The molecule has 0 saturated heterocycles. The fraction of sp³-hybridized carbons (Fsp3) is 0.615. The van der Waals surface area contributed by atoms with Crippen LogP contribution in [0.2, 0.25) is 0 Å². The number of nitrogens with zero attached hydrogens (tertiary/aromatic N) is 2. The molecule has 1 rings (SSSR count). The van der Waals surface area contributed by atoms with E-state index in [2.05, 4.69) is 9.88 Å². The van der Waals surface area contributed by atoms with Gasteiger partial charge >= 0.3 is 0 Å². The minimum Gasteiger partial charge on any atom is -0.397 e. The second-order valence-corrected chi connectivity index (χ2v) is 4.79. The van der Waals surface area contributed by atoms with Gasteiger partial charge in [0.05, 0.1) is 6.61 Å². The first-order chi connectivity index (χ1) is 9.04. The number of aromatic nitrogens is 1. The van der Waals surface area contributed by atoms with Gasteiger partial charge in [0.1, 0.15) is 5.69 Å². The highest BCUT2D eigenvalue weighted by Crippen LogP contribution is 2.08. The Morgan fingerprint density at radius 1 is 1.37 bits per heavy atom. The zero-order valence-electron chi connectivity index (χ0n) is 12.0. The lowest BCUT2D eigenvalue weighted by Gasteiger charge is -2.22.